The molecule has 1 amide bonds. The topological polar surface area (TPSA) is 42.0 Å². The molecule has 3 rings (SSSR count). The summed E-state index contributed by atoms with van der Waals surface area (Å²) >= 11 is 3.35. The van der Waals surface area contributed by atoms with E-state index < -0.39 is 0 Å². The highest BCUT2D eigenvalue weighted by atomic mass is 79.9. The molecule has 2 saturated carbocycles. The predicted octanol–water partition coefficient (Wildman–Crippen LogP) is 3.40. The van der Waals surface area contributed by atoms with Gasteiger partial charge in [0.15, 0.2) is 0 Å². The number of aromatic nitrogens is 1. The molecule has 0 aromatic carbocycles. The first kappa shape index (κ1) is 13.1. The average molecular weight is 323 g/mol. The SMILES string of the molecule is CC(NC(=O)c1cncc(Br)c1)C1CC2CCC1C2. The molecule has 102 valence electrons. The van der Waals surface area contributed by atoms with Crippen molar-refractivity contribution in [3.63, 3.8) is 0 Å². The van der Waals surface area contributed by atoms with Gasteiger partial charge < -0.3 is 5.32 Å². The Morgan fingerprint density at radius 2 is 2.26 bits per heavy atom. The van der Waals surface area contributed by atoms with Crippen molar-refractivity contribution in [3.8, 4) is 0 Å². The first-order chi connectivity index (χ1) is 9.13. The van der Waals surface area contributed by atoms with Crippen molar-refractivity contribution in [2.75, 3.05) is 0 Å². The first-order valence-corrected chi connectivity index (χ1v) is 7.84. The van der Waals surface area contributed by atoms with Crippen LogP contribution < -0.4 is 5.32 Å². The minimum atomic E-state index is -0.0101. The van der Waals surface area contributed by atoms with E-state index in [1.807, 2.05) is 6.07 Å². The minimum absolute atomic E-state index is 0.0101. The monoisotopic (exact) mass is 322 g/mol. The maximum Gasteiger partial charge on any atom is 0.253 e. The number of pyridine rings is 1. The Morgan fingerprint density at radius 1 is 1.42 bits per heavy atom. The molecular formula is C15H19BrN2O. The van der Waals surface area contributed by atoms with Crippen molar-refractivity contribution in [3.05, 3.63) is 28.5 Å². The molecule has 1 heterocycles. The highest BCUT2D eigenvalue weighted by molar-refractivity contribution is 9.10. The fourth-order valence-corrected chi connectivity index (χ4v) is 4.20. The number of rotatable bonds is 3. The number of fused-ring (bicyclic) bond motifs is 2. The molecule has 0 saturated heterocycles. The molecule has 1 N–H and O–H groups in total. The smallest absolute Gasteiger partial charge is 0.253 e. The van der Waals surface area contributed by atoms with Crippen molar-refractivity contribution in [2.24, 2.45) is 17.8 Å². The van der Waals surface area contributed by atoms with Crippen LogP contribution in [0.4, 0.5) is 0 Å². The van der Waals surface area contributed by atoms with Crippen LogP contribution in [0.2, 0.25) is 0 Å². The number of hydrogen-bond donors (Lipinski definition) is 1. The number of nitrogens with zero attached hydrogens (tertiary/aromatic N) is 1. The van der Waals surface area contributed by atoms with Gasteiger partial charge in [0.1, 0.15) is 0 Å². The van der Waals surface area contributed by atoms with Crippen LogP contribution in [0.25, 0.3) is 0 Å². The largest absolute Gasteiger partial charge is 0.349 e. The van der Waals surface area contributed by atoms with E-state index in [-0.39, 0.29) is 11.9 Å². The van der Waals surface area contributed by atoms with Crippen molar-refractivity contribution in [1.82, 2.24) is 10.3 Å². The summed E-state index contributed by atoms with van der Waals surface area (Å²) in [6, 6.07) is 2.08. The lowest BCUT2D eigenvalue weighted by Gasteiger charge is -2.28. The van der Waals surface area contributed by atoms with Gasteiger partial charge >= 0.3 is 0 Å². The second-order valence-electron chi connectivity index (χ2n) is 5.99. The molecule has 4 unspecified atom stereocenters. The molecule has 4 atom stereocenters. The number of carbonyl (C=O) groups excluding carboxylic acids is 1. The maximum absolute atomic E-state index is 12.2. The van der Waals surface area contributed by atoms with Crippen LogP contribution in [-0.4, -0.2) is 16.9 Å². The second-order valence-corrected chi connectivity index (χ2v) is 6.91. The van der Waals surface area contributed by atoms with E-state index in [1.54, 1.807) is 12.4 Å². The van der Waals surface area contributed by atoms with E-state index in [0.29, 0.717) is 11.5 Å². The Hall–Kier alpha value is -0.900. The molecule has 2 aliphatic carbocycles. The number of carbonyl (C=O) groups is 1. The zero-order valence-electron chi connectivity index (χ0n) is 11.1. The van der Waals surface area contributed by atoms with Crippen molar-refractivity contribution >= 4 is 21.8 Å². The molecular weight excluding hydrogens is 304 g/mol. The Balaban J connectivity index is 1.63. The lowest BCUT2D eigenvalue weighted by atomic mass is 9.84. The Labute approximate surface area is 122 Å². The van der Waals surface area contributed by atoms with Crippen LogP contribution in [-0.2, 0) is 0 Å². The maximum atomic E-state index is 12.2. The van der Waals surface area contributed by atoms with Gasteiger partial charge in [-0.1, -0.05) is 6.42 Å². The zero-order chi connectivity index (χ0) is 13.4. The van der Waals surface area contributed by atoms with Gasteiger partial charge in [-0.2, -0.15) is 0 Å². The normalized spacial score (nSPS) is 30.3. The van der Waals surface area contributed by atoms with Crippen molar-refractivity contribution in [1.29, 1.82) is 0 Å². The molecule has 19 heavy (non-hydrogen) atoms. The first-order valence-electron chi connectivity index (χ1n) is 7.05. The Kier molecular flexibility index (Phi) is 3.61. The van der Waals surface area contributed by atoms with Crippen LogP contribution in [0.1, 0.15) is 43.0 Å². The molecule has 3 nitrogen and oxygen atoms in total. The van der Waals surface area contributed by atoms with E-state index in [9.17, 15) is 4.79 Å². The molecule has 1 aromatic rings. The fraction of sp³-hybridized carbons (Fsp3) is 0.600. The molecule has 4 heteroatoms. The number of amides is 1. The van der Waals surface area contributed by atoms with Gasteiger partial charge in [0, 0.05) is 22.9 Å². The molecule has 0 radical (unpaired) electrons. The number of hydrogen-bond acceptors (Lipinski definition) is 2. The lowest BCUT2D eigenvalue weighted by Crippen LogP contribution is -2.40. The third-order valence-electron chi connectivity index (χ3n) is 4.76. The van der Waals surface area contributed by atoms with Crippen LogP contribution in [0.3, 0.4) is 0 Å². The van der Waals surface area contributed by atoms with E-state index >= 15 is 0 Å². The summed E-state index contributed by atoms with van der Waals surface area (Å²) in [4.78, 5) is 16.2. The van der Waals surface area contributed by atoms with Gasteiger partial charge in [0.05, 0.1) is 5.56 Å². The standard InChI is InChI=1S/C15H19BrN2O/c1-9(14-5-10-2-3-11(14)4-10)18-15(19)12-6-13(16)8-17-7-12/h6-11,14H,2-5H2,1H3,(H,18,19). The quantitative estimate of drug-likeness (QED) is 0.926. The van der Waals surface area contributed by atoms with Crippen LogP contribution in [0.15, 0.2) is 22.9 Å². The Morgan fingerprint density at radius 3 is 2.89 bits per heavy atom. The zero-order valence-corrected chi connectivity index (χ0v) is 12.7. The van der Waals surface area contributed by atoms with E-state index in [1.165, 1.54) is 25.7 Å². The summed E-state index contributed by atoms with van der Waals surface area (Å²) < 4.78 is 0.840. The molecule has 2 bridgehead atoms. The summed E-state index contributed by atoms with van der Waals surface area (Å²) in [5.74, 6) is 2.41. The number of nitrogens with one attached hydrogen (secondary N) is 1. The van der Waals surface area contributed by atoms with Gasteiger partial charge in [0.2, 0.25) is 0 Å². The Bertz CT molecular complexity index is 491. The lowest BCUT2D eigenvalue weighted by molar-refractivity contribution is 0.0915. The molecule has 0 aliphatic heterocycles. The molecule has 2 aliphatic rings. The average Bonchev–Trinajstić information content (AvgIpc) is 3.00. The highest BCUT2D eigenvalue weighted by Gasteiger charge is 2.42. The highest BCUT2D eigenvalue weighted by Crippen LogP contribution is 2.49. The molecule has 0 spiro atoms. The summed E-state index contributed by atoms with van der Waals surface area (Å²) in [5.41, 5.74) is 0.629. The van der Waals surface area contributed by atoms with Crippen LogP contribution in [0.5, 0.6) is 0 Å². The number of halogens is 1. The van der Waals surface area contributed by atoms with Gasteiger partial charge in [-0.15, -0.1) is 0 Å². The van der Waals surface area contributed by atoms with Gasteiger partial charge in [-0.05, 0) is 65.9 Å². The third kappa shape index (κ3) is 2.69. The summed E-state index contributed by atoms with van der Waals surface area (Å²) in [7, 11) is 0. The molecule has 1 aromatic heterocycles. The van der Waals surface area contributed by atoms with Gasteiger partial charge in [0.25, 0.3) is 5.91 Å². The predicted molar refractivity (Wildman–Crippen MR) is 77.8 cm³/mol. The summed E-state index contributed by atoms with van der Waals surface area (Å²) in [6.07, 6.45) is 8.74. The van der Waals surface area contributed by atoms with Gasteiger partial charge in [-0.25, -0.2) is 0 Å². The van der Waals surface area contributed by atoms with Crippen LogP contribution in [0, 0.1) is 17.8 Å². The van der Waals surface area contributed by atoms with Crippen molar-refractivity contribution in [2.45, 2.75) is 38.6 Å². The fourth-order valence-electron chi connectivity index (χ4n) is 3.84. The molecule has 2 fully saturated rings. The van der Waals surface area contributed by atoms with Crippen molar-refractivity contribution < 1.29 is 4.79 Å². The summed E-state index contributed by atoms with van der Waals surface area (Å²) in [6.45, 7) is 2.15. The van der Waals surface area contributed by atoms with Crippen LogP contribution >= 0.6 is 15.9 Å². The summed E-state index contributed by atoms with van der Waals surface area (Å²) in [5, 5.41) is 3.15. The minimum Gasteiger partial charge on any atom is -0.349 e. The van der Waals surface area contributed by atoms with E-state index in [0.717, 1.165) is 16.3 Å². The van der Waals surface area contributed by atoms with E-state index in [4.69, 9.17) is 0 Å². The second kappa shape index (κ2) is 5.23. The third-order valence-corrected chi connectivity index (χ3v) is 5.19. The van der Waals surface area contributed by atoms with Gasteiger partial charge in [-0.3, -0.25) is 9.78 Å². The van der Waals surface area contributed by atoms with E-state index in [2.05, 4.69) is 33.2 Å².